The van der Waals surface area contributed by atoms with Crippen LogP contribution in [0.15, 0.2) is 55.1 Å². The normalized spacial score (nSPS) is 13.3. The van der Waals surface area contributed by atoms with Crippen molar-refractivity contribution in [2.45, 2.75) is 19.9 Å². The van der Waals surface area contributed by atoms with Crippen LogP contribution in [0, 0.1) is 5.92 Å². The van der Waals surface area contributed by atoms with Crippen molar-refractivity contribution in [2.24, 2.45) is 5.92 Å². The molecule has 0 saturated heterocycles. The lowest BCUT2D eigenvalue weighted by Crippen LogP contribution is -2.29. The molecule has 0 radical (unpaired) electrons. The molecule has 3 nitrogen and oxygen atoms in total. The first kappa shape index (κ1) is 16.2. The Balaban J connectivity index is 2.70. The number of rotatable bonds is 8. The van der Waals surface area contributed by atoms with E-state index >= 15 is 0 Å². The molecular formula is C17H23NO2. The number of carbonyl (C=O) groups excluding carboxylic acids is 1. The van der Waals surface area contributed by atoms with Crippen LogP contribution in [-0.4, -0.2) is 19.1 Å². The average molecular weight is 273 g/mol. The van der Waals surface area contributed by atoms with E-state index < -0.39 is 0 Å². The average Bonchev–Trinajstić information content (AvgIpc) is 2.48. The lowest BCUT2D eigenvalue weighted by molar-refractivity contribution is -0.138. The number of nitrogens with one attached hydrogen (secondary N) is 1. The summed E-state index contributed by atoms with van der Waals surface area (Å²) in [5, 5.41) is 3.35. The molecule has 108 valence electrons. The van der Waals surface area contributed by atoms with Gasteiger partial charge >= 0.3 is 5.97 Å². The summed E-state index contributed by atoms with van der Waals surface area (Å²) in [4.78, 5) is 11.5. The van der Waals surface area contributed by atoms with Gasteiger partial charge in [0.05, 0.1) is 6.61 Å². The van der Waals surface area contributed by atoms with Crippen LogP contribution >= 0.6 is 0 Å². The Morgan fingerprint density at radius 2 is 2.05 bits per heavy atom. The monoisotopic (exact) mass is 273 g/mol. The van der Waals surface area contributed by atoms with Gasteiger partial charge in [0.15, 0.2) is 0 Å². The largest absolute Gasteiger partial charge is 0.463 e. The predicted octanol–water partition coefficient (Wildman–Crippen LogP) is 3.26. The molecule has 1 N–H and O–H groups in total. The topological polar surface area (TPSA) is 38.3 Å². The van der Waals surface area contributed by atoms with Gasteiger partial charge in [-0.3, -0.25) is 0 Å². The fourth-order valence-corrected chi connectivity index (χ4v) is 1.94. The summed E-state index contributed by atoms with van der Waals surface area (Å²) in [7, 11) is 0. The first-order valence-corrected chi connectivity index (χ1v) is 6.85. The molecule has 0 aliphatic rings. The molecule has 1 aromatic rings. The van der Waals surface area contributed by atoms with Gasteiger partial charge in [-0.15, -0.1) is 6.58 Å². The van der Waals surface area contributed by atoms with E-state index in [0.717, 1.165) is 5.56 Å². The van der Waals surface area contributed by atoms with Crippen molar-refractivity contribution in [1.29, 1.82) is 0 Å². The van der Waals surface area contributed by atoms with Crippen LogP contribution in [0.2, 0.25) is 0 Å². The van der Waals surface area contributed by atoms with Gasteiger partial charge in [0.25, 0.3) is 0 Å². The Morgan fingerprint density at radius 1 is 1.40 bits per heavy atom. The molecule has 1 rings (SSSR count). The van der Waals surface area contributed by atoms with Gasteiger partial charge in [-0.2, -0.15) is 0 Å². The summed E-state index contributed by atoms with van der Waals surface area (Å²) in [6, 6.07) is 10.2. The maximum absolute atomic E-state index is 11.5. The quantitative estimate of drug-likeness (QED) is 0.449. The first-order chi connectivity index (χ1) is 9.60. The van der Waals surface area contributed by atoms with E-state index in [9.17, 15) is 4.79 Å². The molecule has 0 spiro atoms. The zero-order chi connectivity index (χ0) is 15.0. The number of hydrogen-bond donors (Lipinski definition) is 1. The highest BCUT2D eigenvalue weighted by Crippen LogP contribution is 2.22. The Bertz CT molecular complexity index is 453. The summed E-state index contributed by atoms with van der Waals surface area (Å²) in [5.74, 6) is -0.106. The molecule has 1 aromatic carbocycles. The van der Waals surface area contributed by atoms with E-state index in [2.05, 4.69) is 37.5 Å². The zero-order valence-corrected chi connectivity index (χ0v) is 12.3. The van der Waals surface area contributed by atoms with Crippen molar-refractivity contribution in [2.75, 3.05) is 13.2 Å². The summed E-state index contributed by atoms with van der Waals surface area (Å²) in [6.45, 7) is 12.2. The Hall–Kier alpha value is -1.87. The van der Waals surface area contributed by atoms with E-state index in [1.54, 1.807) is 6.92 Å². The van der Waals surface area contributed by atoms with Gasteiger partial charge in [-0.25, -0.2) is 4.79 Å². The Morgan fingerprint density at radius 3 is 2.60 bits per heavy atom. The third-order valence-corrected chi connectivity index (χ3v) is 3.16. The molecule has 0 aliphatic heterocycles. The molecule has 3 heteroatoms. The fourth-order valence-electron chi connectivity index (χ4n) is 1.94. The second-order valence-corrected chi connectivity index (χ2v) is 4.69. The van der Waals surface area contributed by atoms with Crippen LogP contribution in [0.5, 0.6) is 0 Å². The third kappa shape index (κ3) is 4.67. The standard InChI is InChI=1S/C17H23NO2/c1-5-13(3)16(15-10-8-7-9-11-15)18-12-14(4)17(19)20-6-2/h5,7-11,13,16,18H,1,4,6,12H2,2-3H3/t13-,16-/m0/s1. The van der Waals surface area contributed by atoms with Crippen LogP contribution in [-0.2, 0) is 9.53 Å². The fraction of sp³-hybridized carbons (Fsp3) is 0.353. The summed E-state index contributed by atoms with van der Waals surface area (Å²) >= 11 is 0. The van der Waals surface area contributed by atoms with Crippen LogP contribution in [0.1, 0.15) is 25.5 Å². The molecule has 2 atom stereocenters. The maximum Gasteiger partial charge on any atom is 0.334 e. The van der Waals surface area contributed by atoms with Crippen LogP contribution in [0.25, 0.3) is 0 Å². The number of hydrogen-bond acceptors (Lipinski definition) is 3. The summed E-state index contributed by atoms with van der Waals surface area (Å²) in [5.41, 5.74) is 1.60. The molecule has 20 heavy (non-hydrogen) atoms. The van der Waals surface area contributed by atoms with Crippen molar-refractivity contribution in [3.8, 4) is 0 Å². The highest BCUT2D eigenvalue weighted by molar-refractivity contribution is 5.88. The molecular weight excluding hydrogens is 250 g/mol. The van der Waals surface area contributed by atoms with Crippen molar-refractivity contribution < 1.29 is 9.53 Å². The number of carbonyl (C=O) groups is 1. The minimum atomic E-state index is -0.349. The van der Waals surface area contributed by atoms with Gasteiger partial charge in [0.1, 0.15) is 0 Å². The van der Waals surface area contributed by atoms with Gasteiger partial charge in [0, 0.05) is 18.2 Å². The lowest BCUT2D eigenvalue weighted by atomic mass is 9.94. The highest BCUT2D eigenvalue weighted by atomic mass is 16.5. The molecule has 0 saturated carbocycles. The van der Waals surface area contributed by atoms with Gasteiger partial charge < -0.3 is 10.1 Å². The number of esters is 1. The van der Waals surface area contributed by atoms with Gasteiger partial charge in [0.2, 0.25) is 0 Å². The van der Waals surface area contributed by atoms with E-state index in [1.807, 2.05) is 24.3 Å². The number of ether oxygens (including phenoxy) is 1. The third-order valence-electron chi connectivity index (χ3n) is 3.16. The maximum atomic E-state index is 11.5. The van der Waals surface area contributed by atoms with Gasteiger partial charge in [-0.1, -0.05) is 49.9 Å². The van der Waals surface area contributed by atoms with Crippen LogP contribution in [0.4, 0.5) is 0 Å². The molecule has 0 aliphatic carbocycles. The predicted molar refractivity (Wildman–Crippen MR) is 82.3 cm³/mol. The SMILES string of the molecule is C=C[C@H](C)[C@H](NCC(=C)C(=O)OCC)c1ccccc1. The highest BCUT2D eigenvalue weighted by Gasteiger charge is 2.17. The molecule has 0 amide bonds. The molecule has 0 heterocycles. The van der Waals surface area contributed by atoms with E-state index in [-0.39, 0.29) is 17.9 Å². The minimum absolute atomic E-state index is 0.0971. The smallest absolute Gasteiger partial charge is 0.334 e. The Labute approximate surface area is 121 Å². The first-order valence-electron chi connectivity index (χ1n) is 6.85. The Kier molecular flexibility index (Phi) is 6.74. The van der Waals surface area contributed by atoms with Gasteiger partial charge in [-0.05, 0) is 18.4 Å². The zero-order valence-electron chi connectivity index (χ0n) is 12.3. The summed E-state index contributed by atoms with van der Waals surface area (Å²) < 4.78 is 4.93. The van der Waals surface area contributed by atoms with Crippen molar-refractivity contribution >= 4 is 5.97 Å². The van der Waals surface area contributed by atoms with E-state index in [1.165, 1.54) is 0 Å². The van der Waals surface area contributed by atoms with Crippen molar-refractivity contribution in [3.63, 3.8) is 0 Å². The molecule has 0 fully saturated rings. The molecule has 0 bridgehead atoms. The second-order valence-electron chi connectivity index (χ2n) is 4.69. The molecule has 0 unspecified atom stereocenters. The van der Waals surface area contributed by atoms with Crippen molar-refractivity contribution in [1.82, 2.24) is 5.32 Å². The van der Waals surface area contributed by atoms with E-state index in [0.29, 0.717) is 18.7 Å². The summed E-state index contributed by atoms with van der Waals surface area (Å²) in [6.07, 6.45) is 1.90. The lowest BCUT2D eigenvalue weighted by Gasteiger charge is -2.23. The van der Waals surface area contributed by atoms with Crippen molar-refractivity contribution in [3.05, 3.63) is 60.7 Å². The molecule has 0 aromatic heterocycles. The van der Waals surface area contributed by atoms with Crippen LogP contribution in [0.3, 0.4) is 0 Å². The second kappa shape index (κ2) is 8.33. The van der Waals surface area contributed by atoms with E-state index in [4.69, 9.17) is 4.74 Å². The minimum Gasteiger partial charge on any atom is -0.463 e. The number of benzene rings is 1. The van der Waals surface area contributed by atoms with Crippen LogP contribution < -0.4 is 5.32 Å².